The molecule has 0 aliphatic carbocycles. The van der Waals surface area contributed by atoms with Crippen LogP contribution in [0.5, 0.6) is 0 Å². The minimum Gasteiger partial charge on any atom is -0.395 e. The minimum atomic E-state index is 0.125. The highest BCUT2D eigenvalue weighted by Gasteiger charge is 2.23. The molecule has 0 amide bonds. The van der Waals surface area contributed by atoms with E-state index in [1.807, 2.05) is 30.8 Å². The maximum Gasteiger partial charge on any atom is 0.0582 e. The summed E-state index contributed by atoms with van der Waals surface area (Å²) in [6, 6.07) is 6.49. The summed E-state index contributed by atoms with van der Waals surface area (Å²) in [5, 5.41) is 13.3. The Kier molecular flexibility index (Phi) is 4.14. The lowest BCUT2D eigenvalue weighted by Crippen LogP contribution is -2.34. The molecule has 4 heteroatoms. The van der Waals surface area contributed by atoms with Crippen molar-refractivity contribution in [3.8, 4) is 0 Å². The summed E-state index contributed by atoms with van der Waals surface area (Å²) in [6.45, 7) is 2.16. The Morgan fingerprint density at radius 3 is 3.19 bits per heavy atom. The summed E-state index contributed by atoms with van der Waals surface area (Å²) in [5.41, 5.74) is 1.27. The normalized spacial score (nSPS) is 21.6. The second kappa shape index (κ2) is 5.41. The summed E-state index contributed by atoms with van der Waals surface area (Å²) in [5.74, 6) is 1.08. The number of hydrogen-bond donors (Lipinski definition) is 2. The Balaban J connectivity index is 2.23. The molecule has 1 aliphatic rings. The topological polar surface area (TPSA) is 32.3 Å². The van der Waals surface area contributed by atoms with Gasteiger partial charge in [-0.15, -0.1) is 11.8 Å². The molecule has 0 fully saturated rings. The Morgan fingerprint density at radius 1 is 1.62 bits per heavy atom. The molecule has 88 valence electrons. The number of rotatable bonds is 3. The van der Waals surface area contributed by atoms with Crippen LogP contribution in [0.2, 0.25) is 5.02 Å². The number of nitrogens with one attached hydrogen (secondary N) is 1. The van der Waals surface area contributed by atoms with E-state index in [-0.39, 0.29) is 12.6 Å². The van der Waals surface area contributed by atoms with Crippen molar-refractivity contribution in [1.82, 2.24) is 5.32 Å². The fourth-order valence-corrected chi connectivity index (χ4v) is 3.44. The van der Waals surface area contributed by atoms with Gasteiger partial charge in [0.1, 0.15) is 0 Å². The van der Waals surface area contributed by atoms with E-state index in [2.05, 4.69) is 11.4 Å². The lowest BCUT2D eigenvalue weighted by molar-refractivity contribution is 0.239. The molecule has 0 saturated carbocycles. The monoisotopic (exact) mass is 257 g/mol. The molecule has 2 N–H and O–H groups in total. The van der Waals surface area contributed by atoms with Gasteiger partial charge < -0.3 is 10.4 Å². The third-order valence-corrected chi connectivity index (χ3v) is 4.40. The first kappa shape index (κ1) is 12.2. The van der Waals surface area contributed by atoms with Crippen molar-refractivity contribution < 1.29 is 5.11 Å². The quantitative estimate of drug-likeness (QED) is 0.874. The molecule has 0 aromatic heterocycles. The van der Waals surface area contributed by atoms with Gasteiger partial charge in [0.25, 0.3) is 0 Å². The lowest BCUT2D eigenvalue weighted by atomic mass is 10.0. The second-order valence-corrected chi connectivity index (χ2v) is 5.61. The maximum atomic E-state index is 9.07. The summed E-state index contributed by atoms with van der Waals surface area (Å²) < 4.78 is 0. The van der Waals surface area contributed by atoms with Crippen molar-refractivity contribution in [3.63, 3.8) is 0 Å². The average Bonchev–Trinajstić information content (AvgIpc) is 2.30. The van der Waals surface area contributed by atoms with E-state index in [1.165, 1.54) is 10.5 Å². The van der Waals surface area contributed by atoms with Gasteiger partial charge in [-0.1, -0.05) is 23.7 Å². The van der Waals surface area contributed by atoms with Gasteiger partial charge in [0.15, 0.2) is 0 Å². The first-order valence-corrected chi connectivity index (χ1v) is 6.87. The molecule has 0 bridgehead atoms. The molecule has 1 aromatic rings. The van der Waals surface area contributed by atoms with Crippen LogP contribution in [0.4, 0.5) is 0 Å². The summed E-state index contributed by atoms with van der Waals surface area (Å²) in [6.07, 6.45) is 1.09. The molecule has 1 heterocycles. The van der Waals surface area contributed by atoms with E-state index in [1.54, 1.807) is 0 Å². The van der Waals surface area contributed by atoms with E-state index in [0.717, 1.165) is 17.2 Å². The van der Waals surface area contributed by atoms with Crippen LogP contribution < -0.4 is 5.32 Å². The van der Waals surface area contributed by atoms with E-state index < -0.39 is 0 Å². The number of halogens is 1. The number of aliphatic hydroxyl groups excluding tert-OH is 1. The Bertz CT molecular complexity index is 372. The van der Waals surface area contributed by atoms with Gasteiger partial charge in [-0.25, -0.2) is 0 Å². The van der Waals surface area contributed by atoms with Crippen molar-refractivity contribution in [2.75, 3.05) is 12.4 Å². The Hall–Kier alpha value is -0.220. The van der Waals surface area contributed by atoms with Crippen molar-refractivity contribution >= 4 is 23.4 Å². The third kappa shape index (κ3) is 2.54. The van der Waals surface area contributed by atoms with Gasteiger partial charge in [-0.3, -0.25) is 0 Å². The summed E-state index contributed by atoms with van der Waals surface area (Å²) in [7, 11) is 0. The third-order valence-electron chi connectivity index (χ3n) is 2.79. The molecule has 1 aromatic carbocycles. The molecular formula is C12H16ClNOS. The van der Waals surface area contributed by atoms with E-state index in [9.17, 15) is 0 Å². The van der Waals surface area contributed by atoms with Crippen LogP contribution in [-0.2, 0) is 0 Å². The lowest BCUT2D eigenvalue weighted by Gasteiger charge is -2.28. The first-order chi connectivity index (χ1) is 7.72. The predicted octanol–water partition coefficient (Wildman–Crippen LogP) is 2.85. The van der Waals surface area contributed by atoms with Crippen molar-refractivity contribution in [1.29, 1.82) is 0 Å². The van der Waals surface area contributed by atoms with Crippen LogP contribution in [0.3, 0.4) is 0 Å². The van der Waals surface area contributed by atoms with Crippen LogP contribution in [-0.4, -0.2) is 23.5 Å². The van der Waals surface area contributed by atoms with Gasteiger partial charge in [0.2, 0.25) is 0 Å². The van der Waals surface area contributed by atoms with Crippen molar-refractivity contribution in [2.45, 2.75) is 30.3 Å². The molecular weight excluding hydrogens is 242 g/mol. The molecule has 0 spiro atoms. The molecule has 2 unspecified atom stereocenters. The van der Waals surface area contributed by atoms with Gasteiger partial charge >= 0.3 is 0 Å². The zero-order valence-electron chi connectivity index (χ0n) is 9.24. The highest BCUT2D eigenvalue weighted by atomic mass is 35.5. The Labute approximate surface area is 105 Å². The molecule has 0 radical (unpaired) electrons. The molecule has 16 heavy (non-hydrogen) atoms. The standard InChI is InChI=1S/C12H16ClNOS/c1-8(7-15)14-11-5-6-16-12-9(11)3-2-4-10(12)13/h2-4,8,11,14-15H,5-7H2,1H3. The van der Waals surface area contributed by atoms with Crippen LogP contribution in [0, 0.1) is 0 Å². The number of fused-ring (bicyclic) bond motifs is 1. The summed E-state index contributed by atoms with van der Waals surface area (Å²) >= 11 is 8.00. The summed E-state index contributed by atoms with van der Waals surface area (Å²) in [4.78, 5) is 1.19. The zero-order chi connectivity index (χ0) is 11.5. The molecule has 2 atom stereocenters. The number of hydrogen-bond acceptors (Lipinski definition) is 3. The van der Waals surface area contributed by atoms with Crippen LogP contribution >= 0.6 is 23.4 Å². The first-order valence-electron chi connectivity index (χ1n) is 5.50. The molecule has 0 saturated heterocycles. The van der Waals surface area contributed by atoms with Crippen LogP contribution in [0.25, 0.3) is 0 Å². The highest BCUT2D eigenvalue weighted by molar-refractivity contribution is 7.99. The Morgan fingerprint density at radius 2 is 2.44 bits per heavy atom. The molecule has 2 rings (SSSR count). The number of aliphatic hydroxyl groups is 1. The largest absolute Gasteiger partial charge is 0.395 e. The van der Waals surface area contributed by atoms with E-state index >= 15 is 0 Å². The van der Waals surface area contributed by atoms with Gasteiger partial charge in [0, 0.05) is 17.0 Å². The molecule has 2 nitrogen and oxygen atoms in total. The predicted molar refractivity (Wildman–Crippen MR) is 69.2 cm³/mol. The zero-order valence-corrected chi connectivity index (χ0v) is 10.8. The minimum absolute atomic E-state index is 0.125. The molecule has 1 aliphatic heterocycles. The van der Waals surface area contributed by atoms with Gasteiger partial charge in [-0.05, 0) is 30.7 Å². The number of benzene rings is 1. The smallest absolute Gasteiger partial charge is 0.0582 e. The van der Waals surface area contributed by atoms with Crippen LogP contribution in [0.15, 0.2) is 23.1 Å². The van der Waals surface area contributed by atoms with E-state index in [0.29, 0.717) is 6.04 Å². The van der Waals surface area contributed by atoms with Gasteiger partial charge in [-0.2, -0.15) is 0 Å². The van der Waals surface area contributed by atoms with Crippen molar-refractivity contribution in [2.24, 2.45) is 0 Å². The number of thioether (sulfide) groups is 1. The second-order valence-electron chi connectivity index (χ2n) is 4.10. The van der Waals surface area contributed by atoms with Crippen LogP contribution in [0.1, 0.15) is 24.9 Å². The highest BCUT2D eigenvalue weighted by Crippen LogP contribution is 2.40. The van der Waals surface area contributed by atoms with Gasteiger partial charge in [0.05, 0.1) is 11.6 Å². The van der Waals surface area contributed by atoms with E-state index in [4.69, 9.17) is 16.7 Å². The SMILES string of the molecule is CC(CO)NC1CCSc2c(Cl)cccc21. The average molecular weight is 258 g/mol. The van der Waals surface area contributed by atoms with Crippen molar-refractivity contribution in [3.05, 3.63) is 28.8 Å². The fourth-order valence-electron chi connectivity index (χ4n) is 1.96. The maximum absolute atomic E-state index is 9.07. The fraction of sp³-hybridized carbons (Fsp3) is 0.500.